The summed E-state index contributed by atoms with van der Waals surface area (Å²) in [5.41, 5.74) is 9.85. The van der Waals surface area contributed by atoms with E-state index >= 15 is 0 Å². The van der Waals surface area contributed by atoms with Crippen molar-refractivity contribution in [3.63, 3.8) is 0 Å². The average molecular weight is 514 g/mol. The van der Waals surface area contributed by atoms with Crippen LogP contribution in [0.25, 0.3) is 77.1 Å². The van der Waals surface area contributed by atoms with Crippen LogP contribution in [0, 0.1) is 6.92 Å². The highest BCUT2D eigenvalue weighted by atomic mass is 16.3. The molecule has 40 heavy (non-hydrogen) atoms. The molecule has 5 aromatic carbocycles. The van der Waals surface area contributed by atoms with Crippen LogP contribution in [-0.2, 0) is 0 Å². The van der Waals surface area contributed by atoms with Crippen molar-refractivity contribution in [2.45, 2.75) is 6.92 Å². The monoisotopic (exact) mass is 513 g/mol. The molecule has 0 aliphatic rings. The van der Waals surface area contributed by atoms with Gasteiger partial charge in [0.1, 0.15) is 5.58 Å². The zero-order valence-corrected chi connectivity index (χ0v) is 21.8. The standard InChI is InChI=1S/C36H23N3O/c1-22-12-15-33-28(19-22)25-7-2-4-10-31(25)38(33)23-13-16-34-29(20-23)26-8-3-5-11-32(26)39(34)24-14-17-35-30(21-24)27-9-6-18-37-36(27)40-35/h2-21H,1H3. The highest BCUT2D eigenvalue weighted by Crippen LogP contribution is 2.38. The van der Waals surface area contributed by atoms with Gasteiger partial charge >= 0.3 is 0 Å². The molecule has 0 spiro atoms. The molecule has 0 aliphatic heterocycles. The zero-order valence-electron chi connectivity index (χ0n) is 21.8. The average Bonchev–Trinajstić information content (AvgIpc) is 3.64. The molecule has 9 aromatic rings. The Morgan fingerprint density at radius 3 is 1.82 bits per heavy atom. The van der Waals surface area contributed by atoms with Crippen LogP contribution in [0.4, 0.5) is 0 Å². The van der Waals surface area contributed by atoms with Crippen molar-refractivity contribution in [2.24, 2.45) is 0 Å². The largest absolute Gasteiger partial charge is 0.438 e. The van der Waals surface area contributed by atoms with Crippen LogP contribution in [0.2, 0.25) is 0 Å². The molecule has 0 saturated heterocycles. The van der Waals surface area contributed by atoms with Gasteiger partial charge in [-0.3, -0.25) is 0 Å². The van der Waals surface area contributed by atoms with E-state index in [1.165, 1.54) is 49.2 Å². The molecular formula is C36H23N3O. The lowest BCUT2D eigenvalue weighted by atomic mass is 10.1. The summed E-state index contributed by atoms with van der Waals surface area (Å²) in [4.78, 5) is 4.42. The SMILES string of the molecule is Cc1ccc2c(c1)c1ccccc1n2-c1ccc2c(c1)c1ccccc1n2-c1ccc2oc3ncccc3c2c1. The second-order valence-corrected chi connectivity index (χ2v) is 10.6. The van der Waals surface area contributed by atoms with Crippen LogP contribution in [0.3, 0.4) is 0 Å². The number of rotatable bonds is 2. The first-order chi connectivity index (χ1) is 19.7. The van der Waals surface area contributed by atoms with Gasteiger partial charge in [-0.05, 0) is 79.7 Å². The van der Waals surface area contributed by atoms with Gasteiger partial charge in [-0.1, -0.05) is 48.0 Å². The molecule has 0 aliphatic carbocycles. The first-order valence-corrected chi connectivity index (χ1v) is 13.6. The number of hydrogen-bond donors (Lipinski definition) is 0. The Labute approximate surface area is 229 Å². The Morgan fingerprint density at radius 2 is 1.07 bits per heavy atom. The van der Waals surface area contributed by atoms with E-state index < -0.39 is 0 Å². The number of pyridine rings is 1. The maximum absolute atomic E-state index is 6.01. The molecule has 0 atom stereocenters. The predicted molar refractivity (Wildman–Crippen MR) is 165 cm³/mol. The first-order valence-electron chi connectivity index (χ1n) is 13.6. The summed E-state index contributed by atoms with van der Waals surface area (Å²) in [6, 6.07) is 41.4. The van der Waals surface area contributed by atoms with Gasteiger partial charge < -0.3 is 13.6 Å². The van der Waals surface area contributed by atoms with Gasteiger partial charge in [-0.15, -0.1) is 0 Å². The quantitative estimate of drug-likeness (QED) is 0.231. The number of hydrogen-bond acceptors (Lipinski definition) is 2. The summed E-state index contributed by atoms with van der Waals surface area (Å²) >= 11 is 0. The van der Waals surface area contributed by atoms with Gasteiger partial charge in [0, 0.05) is 49.9 Å². The van der Waals surface area contributed by atoms with Crippen molar-refractivity contribution in [2.75, 3.05) is 0 Å². The van der Waals surface area contributed by atoms with Gasteiger partial charge in [0.25, 0.3) is 0 Å². The normalized spacial score (nSPS) is 12.1. The Bertz CT molecular complexity index is 2450. The number of fused-ring (bicyclic) bond motifs is 9. The summed E-state index contributed by atoms with van der Waals surface area (Å²) < 4.78 is 10.8. The third-order valence-electron chi connectivity index (χ3n) is 8.23. The maximum Gasteiger partial charge on any atom is 0.227 e. The molecule has 9 rings (SSSR count). The van der Waals surface area contributed by atoms with E-state index in [1.54, 1.807) is 6.20 Å². The highest BCUT2D eigenvalue weighted by Gasteiger charge is 2.17. The molecule has 0 bridgehead atoms. The van der Waals surface area contributed by atoms with Crippen molar-refractivity contribution in [3.8, 4) is 11.4 Å². The smallest absolute Gasteiger partial charge is 0.227 e. The van der Waals surface area contributed by atoms with Gasteiger partial charge in [0.05, 0.1) is 22.1 Å². The number of furan rings is 1. The molecule has 0 amide bonds. The molecule has 4 heterocycles. The molecular weight excluding hydrogens is 490 g/mol. The van der Waals surface area contributed by atoms with Gasteiger partial charge in [0.15, 0.2) is 0 Å². The summed E-state index contributed by atoms with van der Waals surface area (Å²) in [5.74, 6) is 0. The first kappa shape index (κ1) is 21.6. The van der Waals surface area contributed by atoms with Crippen molar-refractivity contribution in [1.29, 1.82) is 0 Å². The summed E-state index contributed by atoms with van der Waals surface area (Å²) in [7, 11) is 0. The molecule has 4 nitrogen and oxygen atoms in total. The predicted octanol–water partition coefficient (Wildman–Crippen LogP) is 9.48. The van der Waals surface area contributed by atoms with E-state index in [0.29, 0.717) is 5.71 Å². The van der Waals surface area contributed by atoms with Crippen LogP contribution in [0.15, 0.2) is 126 Å². The van der Waals surface area contributed by atoms with Gasteiger partial charge in [0.2, 0.25) is 5.71 Å². The topological polar surface area (TPSA) is 35.9 Å². The number of nitrogens with zero attached hydrogens (tertiary/aromatic N) is 3. The molecule has 0 saturated carbocycles. The molecule has 0 N–H and O–H groups in total. The van der Waals surface area contributed by atoms with Crippen molar-refractivity contribution in [3.05, 3.63) is 127 Å². The molecule has 0 unspecified atom stereocenters. The van der Waals surface area contributed by atoms with E-state index in [9.17, 15) is 0 Å². The summed E-state index contributed by atoms with van der Waals surface area (Å²) in [6.07, 6.45) is 1.77. The minimum absolute atomic E-state index is 0.669. The molecule has 0 fully saturated rings. The molecule has 4 heteroatoms. The number of aryl methyl sites for hydroxylation is 1. The van der Waals surface area contributed by atoms with Crippen molar-refractivity contribution >= 4 is 65.7 Å². The fraction of sp³-hybridized carbons (Fsp3) is 0.0278. The Kier molecular flexibility index (Phi) is 4.23. The second kappa shape index (κ2) is 7.84. The fourth-order valence-corrected chi connectivity index (χ4v) is 6.48. The summed E-state index contributed by atoms with van der Waals surface area (Å²) in [5, 5.41) is 7.12. The molecule has 4 aromatic heterocycles. The van der Waals surface area contributed by atoms with Crippen LogP contribution in [0.5, 0.6) is 0 Å². The van der Waals surface area contributed by atoms with Gasteiger partial charge in [-0.25, -0.2) is 4.98 Å². The van der Waals surface area contributed by atoms with Crippen molar-refractivity contribution < 1.29 is 4.42 Å². The number of benzene rings is 5. The highest BCUT2D eigenvalue weighted by molar-refractivity contribution is 6.13. The minimum atomic E-state index is 0.669. The third-order valence-corrected chi connectivity index (χ3v) is 8.23. The summed E-state index contributed by atoms with van der Waals surface area (Å²) in [6.45, 7) is 2.16. The van der Waals surface area contributed by atoms with E-state index in [2.05, 4.69) is 130 Å². The Morgan fingerprint density at radius 1 is 0.500 bits per heavy atom. The van der Waals surface area contributed by atoms with Gasteiger partial charge in [-0.2, -0.15) is 0 Å². The Balaban J connectivity index is 1.34. The van der Waals surface area contributed by atoms with Crippen LogP contribution in [0.1, 0.15) is 5.56 Å². The van der Waals surface area contributed by atoms with E-state index in [1.807, 2.05) is 6.07 Å². The molecule has 188 valence electrons. The lowest BCUT2D eigenvalue weighted by molar-refractivity contribution is 0.654. The van der Waals surface area contributed by atoms with Crippen LogP contribution < -0.4 is 0 Å². The van der Waals surface area contributed by atoms with Crippen LogP contribution in [-0.4, -0.2) is 14.1 Å². The van der Waals surface area contributed by atoms with E-state index in [0.717, 1.165) is 27.7 Å². The fourth-order valence-electron chi connectivity index (χ4n) is 6.48. The zero-order chi connectivity index (χ0) is 26.4. The van der Waals surface area contributed by atoms with Crippen molar-refractivity contribution in [1.82, 2.24) is 14.1 Å². The lowest BCUT2D eigenvalue weighted by Crippen LogP contribution is -1.95. The third kappa shape index (κ3) is 2.88. The lowest BCUT2D eigenvalue weighted by Gasteiger charge is -2.10. The van der Waals surface area contributed by atoms with E-state index in [4.69, 9.17) is 4.42 Å². The molecule has 0 radical (unpaired) electrons. The van der Waals surface area contributed by atoms with Crippen LogP contribution >= 0.6 is 0 Å². The second-order valence-electron chi connectivity index (χ2n) is 10.6. The number of aromatic nitrogens is 3. The minimum Gasteiger partial charge on any atom is -0.438 e. The number of para-hydroxylation sites is 2. The Hall–Kier alpha value is -5.35. The van der Waals surface area contributed by atoms with E-state index in [-0.39, 0.29) is 0 Å². The maximum atomic E-state index is 6.01.